The van der Waals surface area contributed by atoms with E-state index in [1.165, 1.54) is 0 Å². The first kappa shape index (κ1) is 15.9. The Morgan fingerprint density at radius 2 is 2.00 bits per heavy atom. The van der Waals surface area contributed by atoms with Gasteiger partial charge in [0, 0.05) is 12.6 Å². The molecule has 2 rings (SSSR count). The summed E-state index contributed by atoms with van der Waals surface area (Å²) in [6, 6.07) is 3.62. The number of aryl methyl sites for hydroxylation is 2. The molecule has 2 N–H and O–H groups in total. The van der Waals surface area contributed by atoms with E-state index in [0.29, 0.717) is 30.9 Å². The predicted molar refractivity (Wildman–Crippen MR) is 79.5 cm³/mol. The molecule has 116 valence electrons. The van der Waals surface area contributed by atoms with Crippen LogP contribution in [0.2, 0.25) is 0 Å². The van der Waals surface area contributed by atoms with Crippen molar-refractivity contribution in [1.82, 2.24) is 10.6 Å². The summed E-state index contributed by atoms with van der Waals surface area (Å²) in [4.78, 5) is 12.2. The van der Waals surface area contributed by atoms with E-state index < -0.39 is 0 Å². The average Bonchev–Trinajstić information content (AvgIpc) is 2.90. The van der Waals surface area contributed by atoms with Gasteiger partial charge in [0.15, 0.2) is 0 Å². The van der Waals surface area contributed by atoms with Crippen LogP contribution < -0.4 is 10.6 Å². The van der Waals surface area contributed by atoms with Crippen molar-refractivity contribution >= 4 is 5.91 Å². The second kappa shape index (κ2) is 7.00. The topological polar surface area (TPSA) is 50.4 Å². The first-order valence-corrected chi connectivity index (χ1v) is 7.37. The number of likely N-dealkylation sites (N-methyl/N-ethyl adjacent to an activating group) is 1. The molecule has 1 saturated heterocycles. The zero-order valence-corrected chi connectivity index (χ0v) is 12.8. The highest BCUT2D eigenvalue weighted by molar-refractivity contribution is 5.79. The quantitative estimate of drug-likeness (QED) is 0.869. The molecular weight excluding hydrogens is 271 g/mol. The van der Waals surface area contributed by atoms with Gasteiger partial charge in [-0.15, -0.1) is 0 Å². The van der Waals surface area contributed by atoms with Gasteiger partial charge in [0.2, 0.25) is 5.91 Å². The molecule has 21 heavy (non-hydrogen) atoms. The van der Waals surface area contributed by atoms with E-state index in [9.17, 15) is 9.18 Å². The van der Waals surface area contributed by atoms with Crippen LogP contribution in [0.3, 0.4) is 0 Å². The molecule has 1 amide bonds. The minimum absolute atomic E-state index is 0.0157. The van der Waals surface area contributed by atoms with Gasteiger partial charge in [0.25, 0.3) is 0 Å². The molecule has 1 aromatic rings. The molecule has 1 aromatic carbocycles. The zero-order chi connectivity index (χ0) is 15.4. The van der Waals surface area contributed by atoms with Gasteiger partial charge in [-0.05, 0) is 37.1 Å². The average molecular weight is 294 g/mol. The molecule has 0 aromatic heterocycles. The molecule has 0 bridgehead atoms. The van der Waals surface area contributed by atoms with Crippen LogP contribution in [0.15, 0.2) is 12.1 Å². The van der Waals surface area contributed by atoms with Crippen LogP contribution in [-0.4, -0.2) is 31.7 Å². The summed E-state index contributed by atoms with van der Waals surface area (Å²) in [6.45, 7) is 7.73. The summed E-state index contributed by atoms with van der Waals surface area (Å²) in [7, 11) is 0. The Bertz CT molecular complexity index is 496. The van der Waals surface area contributed by atoms with Crippen LogP contribution in [0, 0.1) is 25.6 Å². The summed E-state index contributed by atoms with van der Waals surface area (Å²) in [5.41, 5.74) is 2.13. The van der Waals surface area contributed by atoms with E-state index >= 15 is 0 Å². The van der Waals surface area contributed by atoms with Crippen LogP contribution in [0.1, 0.15) is 23.6 Å². The Morgan fingerprint density at radius 3 is 2.62 bits per heavy atom. The number of benzene rings is 1. The number of rotatable bonds is 5. The normalized spacial score (nSPS) is 21.5. The number of carbonyl (C=O) groups is 1. The Kier molecular flexibility index (Phi) is 5.31. The fraction of sp³-hybridized carbons (Fsp3) is 0.562. The summed E-state index contributed by atoms with van der Waals surface area (Å²) in [6.07, 6.45) is 0. The highest BCUT2D eigenvalue weighted by Gasteiger charge is 2.33. The second-order valence-corrected chi connectivity index (χ2v) is 5.57. The van der Waals surface area contributed by atoms with Gasteiger partial charge in [-0.25, -0.2) is 4.39 Å². The monoisotopic (exact) mass is 294 g/mol. The van der Waals surface area contributed by atoms with Crippen LogP contribution in [0.25, 0.3) is 0 Å². The summed E-state index contributed by atoms with van der Waals surface area (Å²) >= 11 is 0. The molecule has 2 unspecified atom stereocenters. The SMILES string of the molecule is CCNC1COCC1C(=O)NCc1cc(C)c(F)c(C)c1. The standard InChI is InChI=1S/C16H23FN2O2/c1-4-18-14-9-21-8-13(14)16(20)19-7-12-5-10(2)15(17)11(3)6-12/h5-6,13-14,18H,4,7-9H2,1-3H3,(H,19,20). The first-order valence-electron chi connectivity index (χ1n) is 7.37. The van der Waals surface area contributed by atoms with Crippen LogP contribution in [0.5, 0.6) is 0 Å². The van der Waals surface area contributed by atoms with Gasteiger partial charge in [0.1, 0.15) is 5.82 Å². The van der Waals surface area contributed by atoms with Crippen molar-refractivity contribution in [3.8, 4) is 0 Å². The third-order valence-electron chi connectivity index (χ3n) is 3.85. The first-order chi connectivity index (χ1) is 10.0. The lowest BCUT2D eigenvalue weighted by atomic mass is 10.0. The number of hydrogen-bond acceptors (Lipinski definition) is 3. The van der Waals surface area contributed by atoms with Crippen molar-refractivity contribution in [2.24, 2.45) is 5.92 Å². The lowest BCUT2D eigenvalue weighted by Crippen LogP contribution is -2.43. The largest absolute Gasteiger partial charge is 0.379 e. The third kappa shape index (κ3) is 3.80. The van der Waals surface area contributed by atoms with E-state index in [-0.39, 0.29) is 23.7 Å². The molecular formula is C16H23FN2O2. The van der Waals surface area contributed by atoms with Crippen molar-refractivity contribution in [2.45, 2.75) is 33.4 Å². The number of amides is 1. The second-order valence-electron chi connectivity index (χ2n) is 5.57. The summed E-state index contributed by atoms with van der Waals surface area (Å²) < 4.78 is 19.0. The molecule has 1 aliphatic heterocycles. The highest BCUT2D eigenvalue weighted by atomic mass is 19.1. The maximum atomic E-state index is 13.6. The van der Waals surface area contributed by atoms with Gasteiger partial charge in [-0.1, -0.05) is 19.1 Å². The molecule has 0 radical (unpaired) electrons. The fourth-order valence-corrected chi connectivity index (χ4v) is 2.73. The van der Waals surface area contributed by atoms with Crippen molar-refractivity contribution < 1.29 is 13.9 Å². The van der Waals surface area contributed by atoms with Crippen molar-refractivity contribution in [3.63, 3.8) is 0 Å². The van der Waals surface area contributed by atoms with E-state index in [2.05, 4.69) is 10.6 Å². The minimum atomic E-state index is -0.179. The molecule has 1 fully saturated rings. The molecule has 0 spiro atoms. The van der Waals surface area contributed by atoms with E-state index in [1.807, 2.05) is 6.92 Å². The number of nitrogens with one attached hydrogen (secondary N) is 2. The molecule has 2 atom stereocenters. The van der Waals surface area contributed by atoms with Gasteiger partial charge < -0.3 is 15.4 Å². The predicted octanol–water partition coefficient (Wildman–Crippen LogP) is 1.68. The van der Waals surface area contributed by atoms with Gasteiger partial charge >= 0.3 is 0 Å². The van der Waals surface area contributed by atoms with Crippen LogP contribution in [0.4, 0.5) is 4.39 Å². The molecule has 5 heteroatoms. The lowest BCUT2D eigenvalue weighted by molar-refractivity contribution is -0.125. The van der Waals surface area contributed by atoms with E-state index in [4.69, 9.17) is 4.74 Å². The Labute approximate surface area is 125 Å². The molecule has 1 aliphatic rings. The van der Waals surface area contributed by atoms with Gasteiger partial charge in [-0.3, -0.25) is 4.79 Å². The minimum Gasteiger partial charge on any atom is -0.379 e. The van der Waals surface area contributed by atoms with E-state index in [0.717, 1.165) is 12.1 Å². The summed E-state index contributed by atoms with van der Waals surface area (Å²) in [5, 5.41) is 6.19. The van der Waals surface area contributed by atoms with Gasteiger partial charge in [0.05, 0.1) is 19.1 Å². The maximum absolute atomic E-state index is 13.6. The number of carbonyl (C=O) groups excluding carboxylic acids is 1. The molecule has 0 saturated carbocycles. The lowest BCUT2D eigenvalue weighted by Gasteiger charge is -2.18. The fourth-order valence-electron chi connectivity index (χ4n) is 2.73. The Morgan fingerprint density at radius 1 is 1.33 bits per heavy atom. The van der Waals surface area contributed by atoms with Crippen molar-refractivity contribution in [1.29, 1.82) is 0 Å². The van der Waals surface area contributed by atoms with Crippen LogP contribution in [-0.2, 0) is 16.1 Å². The Hall–Kier alpha value is -1.46. The van der Waals surface area contributed by atoms with Crippen molar-refractivity contribution in [2.75, 3.05) is 19.8 Å². The van der Waals surface area contributed by atoms with Crippen molar-refractivity contribution in [3.05, 3.63) is 34.6 Å². The Balaban J connectivity index is 1.95. The van der Waals surface area contributed by atoms with E-state index in [1.54, 1.807) is 26.0 Å². The maximum Gasteiger partial charge on any atom is 0.227 e. The van der Waals surface area contributed by atoms with Gasteiger partial charge in [-0.2, -0.15) is 0 Å². The zero-order valence-electron chi connectivity index (χ0n) is 12.8. The highest BCUT2D eigenvalue weighted by Crippen LogP contribution is 2.16. The number of hydrogen-bond donors (Lipinski definition) is 2. The molecule has 1 heterocycles. The molecule has 4 nitrogen and oxygen atoms in total. The molecule has 0 aliphatic carbocycles. The number of ether oxygens (including phenoxy) is 1. The smallest absolute Gasteiger partial charge is 0.227 e. The summed E-state index contributed by atoms with van der Waals surface area (Å²) in [5.74, 6) is -0.354. The van der Waals surface area contributed by atoms with Crippen LogP contribution >= 0.6 is 0 Å². The third-order valence-corrected chi connectivity index (χ3v) is 3.85. The number of halogens is 1.